The lowest BCUT2D eigenvalue weighted by Gasteiger charge is -2.16. The van der Waals surface area contributed by atoms with Crippen molar-refractivity contribution < 1.29 is 0 Å². The van der Waals surface area contributed by atoms with Gasteiger partial charge in [-0.3, -0.25) is 4.98 Å². The number of nitrogens with zero attached hydrogens (tertiary/aromatic N) is 3. The fraction of sp³-hybridized carbons (Fsp3) is 0.235. The van der Waals surface area contributed by atoms with Crippen molar-refractivity contribution in [3.05, 3.63) is 52.9 Å². The van der Waals surface area contributed by atoms with Crippen molar-refractivity contribution in [2.45, 2.75) is 25.7 Å². The fourth-order valence-corrected chi connectivity index (χ4v) is 3.18. The van der Waals surface area contributed by atoms with Gasteiger partial charge in [0, 0.05) is 28.4 Å². The molecule has 0 amide bonds. The van der Waals surface area contributed by atoms with Gasteiger partial charge in [-0.25, -0.2) is 9.97 Å². The number of hydrogen-bond acceptors (Lipinski definition) is 3. The summed E-state index contributed by atoms with van der Waals surface area (Å²) in [6.45, 7) is 0. The molecule has 0 spiro atoms. The Morgan fingerprint density at radius 1 is 1.00 bits per heavy atom. The normalized spacial score (nSPS) is 14.1. The van der Waals surface area contributed by atoms with Crippen molar-refractivity contribution in [3.63, 3.8) is 0 Å². The van der Waals surface area contributed by atoms with Crippen LogP contribution in [-0.2, 0) is 12.8 Å². The van der Waals surface area contributed by atoms with Crippen molar-refractivity contribution in [2.75, 3.05) is 0 Å². The van der Waals surface area contributed by atoms with Gasteiger partial charge >= 0.3 is 0 Å². The van der Waals surface area contributed by atoms with Crippen LogP contribution in [0.25, 0.3) is 22.3 Å². The van der Waals surface area contributed by atoms with Gasteiger partial charge in [-0.1, -0.05) is 17.7 Å². The first-order valence-electron chi connectivity index (χ1n) is 7.22. The SMILES string of the molecule is Clc1nc(-c2ccc3ncccc3c2)nc2c1CCCC2. The van der Waals surface area contributed by atoms with E-state index in [9.17, 15) is 0 Å². The lowest BCUT2D eigenvalue weighted by molar-refractivity contribution is 0.663. The predicted molar refractivity (Wildman–Crippen MR) is 84.4 cm³/mol. The number of pyridine rings is 1. The van der Waals surface area contributed by atoms with E-state index in [4.69, 9.17) is 16.6 Å². The van der Waals surface area contributed by atoms with E-state index in [1.807, 2.05) is 24.3 Å². The van der Waals surface area contributed by atoms with Crippen molar-refractivity contribution in [2.24, 2.45) is 0 Å². The lowest BCUT2D eigenvalue weighted by atomic mass is 9.97. The highest BCUT2D eigenvalue weighted by Crippen LogP contribution is 2.29. The summed E-state index contributed by atoms with van der Waals surface area (Å²) < 4.78 is 0. The summed E-state index contributed by atoms with van der Waals surface area (Å²) in [4.78, 5) is 13.6. The fourth-order valence-electron chi connectivity index (χ4n) is 2.89. The summed E-state index contributed by atoms with van der Waals surface area (Å²) in [7, 11) is 0. The highest BCUT2D eigenvalue weighted by Gasteiger charge is 2.17. The zero-order valence-electron chi connectivity index (χ0n) is 11.5. The van der Waals surface area contributed by atoms with Crippen molar-refractivity contribution in [1.82, 2.24) is 15.0 Å². The molecule has 3 nitrogen and oxygen atoms in total. The number of hydrogen-bond donors (Lipinski definition) is 0. The molecule has 0 aliphatic heterocycles. The van der Waals surface area contributed by atoms with E-state index >= 15 is 0 Å². The Morgan fingerprint density at radius 3 is 2.86 bits per heavy atom. The third-order valence-electron chi connectivity index (χ3n) is 3.99. The van der Waals surface area contributed by atoms with Crippen LogP contribution in [-0.4, -0.2) is 15.0 Å². The van der Waals surface area contributed by atoms with E-state index in [0.717, 1.165) is 40.6 Å². The first-order chi connectivity index (χ1) is 10.3. The Kier molecular flexibility index (Phi) is 3.08. The molecule has 2 aromatic heterocycles. The summed E-state index contributed by atoms with van der Waals surface area (Å²) in [6, 6.07) is 10.1. The van der Waals surface area contributed by atoms with Crippen molar-refractivity contribution in [1.29, 1.82) is 0 Å². The van der Waals surface area contributed by atoms with Gasteiger partial charge in [-0.2, -0.15) is 0 Å². The third-order valence-corrected chi connectivity index (χ3v) is 4.31. The molecule has 104 valence electrons. The summed E-state index contributed by atoms with van der Waals surface area (Å²) in [6.07, 6.45) is 6.16. The summed E-state index contributed by atoms with van der Waals surface area (Å²) in [5.74, 6) is 0.714. The second-order valence-corrected chi connectivity index (χ2v) is 5.74. The lowest BCUT2D eigenvalue weighted by Crippen LogP contribution is -2.08. The summed E-state index contributed by atoms with van der Waals surface area (Å²) in [5, 5.41) is 1.70. The summed E-state index contributed by atoms with van der Waals surface area (Å²) in [5.41, 5.74) is 4.22. The van der Waals surface area contributed by atoms with E-state index in [1.165, 1.54) is 12.8 Å². The van der Waals surface area contributed by atoms with Crippen LogP contribution in [0, 0.1) is 0 Å². The molecule has 0 fully saturated rings. The maximum Gasteiger partial charge on any atom is 0.161 e. The predicted octanol–water partition coefficient (Wildman–Crippen LogP) is 4.22. The van der Waals surface area contributed by atoms with E-state index in [2.05, 4.69) is 16.0 Å². The molecule has 4 heteroatoms. The number of fused-ring (bicyclic) bond motifs is 2. The van der Waals surface area contributed by atoms with Gasteiger partial charge in [0.25, 0.3) is 0 Å². The molecule has 1 aliphatic rings. The molecule has 1 aromatic carbocycles. The van der Waals surface area contributed by atoms with Crippen LogP contribution in [0.3, 0.4) is 0 Å². The quantitative estimate of drug-likeness (QED) is 0.631. The molecule has 0 atom stereocenters. The molecule has 0 radical (unpaired) electrons. The second-order valence-electron chi connectivity index (χ2n) is 5.38. The van der Waals surface area contributed by atoms with Crippen LogP contribution < -0.4 is 0 Å². The monoisotopic (exact) mass is 295 g/mol. The van der Waals surface area contributed by atoms with Gasteiger partial charge in [0.1, 0.15) is 5.15 Å². The molecule has 1 aliphatic carbocycles. The smallest absolute Gasteiger partial charge is 0.161 e. The Labute approximate surface area is 128 Å². The van der Waals surface area contributed by atoms with Gasteiger partial charge in [0.2, 0.25) is 0 Å². The zero-order chi connectivity index (χ0) is 14.2. The van der Waals surface area contributed by atoms with E-state index in [0.29, 0.717) is 11.0 Å². The van der Waals surface area contributed by atoms with Crippen LogP contribution in [0.4, 0.5) is 0 Å². The first-order valence-corrected chi connectivity index (χ1v) is 7.59. The second kappa shape index (κ2) is 5.08. The largest absolute Gasteiger partial charge is 0.256 e. The topological polar surface area (TPSA) is 38.7 Å². The molecule has 0 saturated heterocycles. The average Bonchev–Trinajstić information content (AvgIpc) is 2.54. The van der Waals surface area contributed by atoms with Crippen molar-refractivity contribution >= 4 is 22.5 Å². The van der Waals surface area contributed by atoms with Gasteiger partial charge in [-0.15, -0.1) is 0 Å². The van der Waals surface area contributed by atoms with Gasteiger partial charge < -0.3 is 0 Å². The number of benzene rings is 1. The number of rotatable bonds is 1. The Bertz CT molecular complexity index is 829. The van der Waals surface area contributed by atoms with Crippen LogP contribution in [0.2, 0.25) is 5.15 Å². The summed E-state index contributed by atoms with van der Waals surface area (Å²) >= 11 is 6.35. The maximum atomic E-state index is 6.35. The molecule has 4 rings (SSSR count). The van der Waals surface area contributed by atoms with Crippen LogP contribution in [0.15, 0.2) is 36.5 Å². The molecule has 2 heterocycles. The molecular formula is C17H14ClN3. The molecule has 21 heavy (non-hydrogen) atoms. The highest BCUT2D eigenvalue weighted by atomic mass is 35.5. The van der Waals surface area contributed by atoms with Crippen LogP contribution in [0.1, 0.15) is 24.1 Å². The third kappa shape index (κ3) is 2.28. The Balaban J connectivity index is 1.86. The van der Waals surface area contributed by atoms with Gasteiger partial charge in [-0.05, 0) is 49.9 Å². The minimum Gasteiger partial charge on any atom is -0.256 e. The minimum absolute atomic E-state index is 0.612. The zero-order valence-corrected chi connectivity index (χ0v) is 12.3. The minimum atomic E-state index is 0.612. The Hall–Kier alpha value is -2.00. The molecule has 0 unspecified atom stereocenters. The van der Waals surface area contributed by atoms with Gasteiger partial charge in [0.05, 0.1) is 5.52 Å². The highest BCUT2D eigenvalue weighted by molar-refractivity contribution is 6.30. The van der Waals surface area contributed by atoms with Crippen molar-refractivity contribution in [3.8, 4) is 11.4 Å². The van der Waals surface area contributed by atoms with Gasteiger partial charge in [0.15, 0.2) is 5.82 Å². The number of halogens is 1. The molecule has 3 aromatic rings. The molecular weight excluding hydrogens is 282 g/mol. The van der Waals surface area contributed by atoms with E-state index in [1.54, 1.807) is 6.20 Å². The van der Waals surface area contributed by atoms with Crippen LogP contribution in [0.5, 0.6) is 0 Å². The molecule has 0 bridgehead atoms. The molecule has 0 N–H and O–H groups in total. The standard InChI is InChI=1S/C17H14ClN3/c18-16-13-5-1-2-6-15(13)20-17(21-16)12-7-8-14-11(10-12)4-3-9-19-14/h3-4,7-10H,1-2,5-6H2. The number of aromatic nitrogens is 3. The number of aryl methyl sites for hydroxylation is 1. The maximum absolute atomic E-state index is 6.35. The van der Waals surface area contributed by atoms with E-state index in [-0.39, 0.29) is 0 Å². The van der Waals surface area contributed by atoms with Crippen LogP contribution >= 0.6 is 11.6 Å². The molecule has 0 saturated carbocycles. The van der Waals surface area contributed by atoms with E-state index < -0.39 is 0 Å². The average molecular weight is 296 g/mol. The Morgan fingerprint density at radius 2 is 1.90 bits per heavy atom. The first kappa shape index (κ1) is 12.7.